The second-order valence-corrected chi connectivity index (χ2v) is 7.91. The maximum atomic E-state index is 12.6. The summed E-state index contributed by atoms with van der Waals surface area (Å²) in [6.45, 7) is 2.69. The van der Waals surface area contributed by atoms with Crippen LogP contribution in [-0.2, 0) is 16.6 Å². The number of hydrogen-bond acceptors (Lipinski definition) is 4. The molecule has 0 aliphatic carbocycles. The van der Waals surface area contributed by atoms with Crippen molar-refractivity contribution in [3.63, 3.8) is 0 Å². The molecule has 3 rings (SSSR count). The fourth-order valence-corrected chi connectivity index (χ4v) is 3.85. The Morgan fingerprint density at radius 2 is 1.66 bits per heavy atom. The van der Waals surface area contributed by atoms with Crippen LogP contribution in [0.2, 0.25) is 0 Å². The molecule has 0 bridgehead atoms. The number of carbonyl (C=O) groups is 1. The summed E-state index contributed by atoms with van der Waals surface area (Å²) in [5.41, 5.74) is 1.56. The summed E-state index contributed by atoms with van der Waals surface area (Å²) in [6.07, 6.45) is 0. The van der Waals surface area contributed by atoms with Gasteiger partial charge < -0.3 is 10.1 Å². The summed E-state index contributed by atoms with van der Waals surface area (Å²) in [5, 5.41) is 2.81. The van der Waals surface area contributed by atoms with Gasteiger partial charge in [-0.05, 0) is 43.3 Å². The quantitative estimate of drug-likeness (QED) is 0.591. The molecule has 0 aromatic heterocycles. The van der Waals surface area contributed by atoms with Crippen molar-refractivity contribution in [1.82, 2.24) is 5.32 Å². The lowest BCUT2D eigenvalue weighted by Gasteiger charge is -2.12. The van der Waals surface area contributed by atoms with Gasteiger partial charge in [-0.3, -0.25) is 9.52 Å². The van der Waals surface area contributed by atoms with Crippen molar-refractivity contribution in [2.75, 3.05) is 11.3 Å². The molecule has 1 amide bonds. The van der Waals surface area contributed by atoms with Crippen molar-refractivity contribution < 1.29 is 17.9 Å². The van der Waals surface area contributed by atoms with Crippen molar-refractivity contribution in [3.05, 3.63) is 90.0 Å². The van der Waals surface area contributed by atoms with E-state index in [0.717, 1.165) is 5.56 Å². The monoisotopic (exact) mass is 410 g/mol. The number of hydrogen-bond donors (Lipinski definition) is 2. The van der Waals surface area contributed by atoms with Crippen LogP contribution < -0.4 is 14.8 Å². The molecule has 29 heavy (non-hydrogen) atoms. The van der Waals surface area contributed by atoms with Crippen LogP contribution in [0.5, 0.6) is 5.75 Å². The van der Waals surface area contributed by atoms with E-state index in [0.29, 0.717) is 18.0 Å². The first kappa shape index (κ1) is 20.4. The van der Waals surface area contributed by atoms with Crippen LogP contribution in [0.25, 0.3) is 0 Å². The Bertz CT molecular complexity index is 1080. The number of ether oxygens (including phenoxy) is 1. The minimum atomic E-state index is -3.80. The van der Waals surface area contributed by atoms with E-state index < -0.39 is 10.0 Å². The number of rotatable bonds is 8. The highest BCUT2D eigenvalue weighted by Crippen LogP contribution is 2.19. The second-order valence-electron chi connectivity index (χ2n) is 6.22. The van der Waals surface area contributed by atoms with E-state index in [2.05, 4.69) is 10.0 Å². The summed E-state index contributed by atoms with van der Waals surface area (Å²) >= 11 is 0. The molecule has 7 heteroatoms. The molecule has 0 saturated carbocycles. The van der Waals surface area contributed by atoms with Crippen molar-refractivity contribution in [2.45, 2.75) is 18.4 Å². The average Bonchev–Trinajstić information content (AvgIpc) is 2.73. The molecule has 0 radical (unpaired) electrons. The van der Waals surface area contributed by atoms with Gasteiger partial charge in [0.05, 0.1) is 11.5 Å². The third-order valence-corrected chi connectivity index (χ3v) is 5.52. The fraction of sp³-hybridized carbons (Fsp3) is 0.136. The Kier molecular flexibility index (Phi) is 6.51. The van der Waals surface area contributed by atoms with Gasteiger partial charge in [-0.25, -0.2) is 8.42 Å². The van der Waals surface area contributed by atoms with Crippen LogP contribution in [0.4, 0.5) is 5.69 Å². The number of nitrogens with one attached hydrogen (secondary N) is 2. The lowest BCUT2D eigenvalue weighted by molar-refractivity contribution is 0.0950. The Morgan fingerprint density at radius 1 is 0.931 bits per heavy atom. The maximum absolute atomic E-state index is 12.6. The SMILES string of the molecule is CCOc1ccccc1CNC(=O)c1cccc(S(=O)(=O)Nc2ccccc2)c1. The third kappa shape index (κ3) is 5.36. The molecule has 0 aliphatic heterocycles. The maximum Gasteiger partial charge on any atom is 0.261 e. The van der Waals surface area contributed by atoms with Crippen molar-refractivity contribution in [1.29, 1.82) is 0 Å². The number of para-hydroxylation sites is 2. The van der Waals surface area contributed by atoms with Crippen LogP contribution in [0.3, 0.4) is 0 Å². The summed E-state index contributed by atoms with van der Waals surface area (Å²) in [4.78, 5) is 12.6. The van der Waals surface area contributed by atoms with E-state index in [1.165, 1.54) is 12.1 Å². The molecular formula is C22H22N2O4S. The molecule has 6 nitrogen and oxygen atoms in total. The molecule has 3 aromatic rings. The van der Waals surface area contributed by atoms with Gasteiger partial charge in [-0.1, -0.05) is 42.5 Å². The van der Waals surface area contributed by atoms with Gasteiger partial charge >= 0.3 is 0 Å². The third-order valence-electron chi connectivity index (χ3n) is 4.14. The lowest BCUT2D eigenvalue weighted by Crippen LogP contribution is -2.23. The Hall–Kier alpha value is -3.32. The van der Waals surface area contributed by atoms with Crippen LogP contribution >= 0.6 is 0 Å². The highest BCUT2D eigenvalue weighted by molar-refractivity contribution is 7.92. The molecule has 0 fully saturated rings. The molecule has 0 heterocycles. The molecule has 0 saturated heterocycles. The minimum absolute atomic E-state index is 0.0173. The Morgan fingerprint density at radius 3 is 2.41 bits per heavy atom. The Labute approximate surface area is 170 Å². The van der Waals surface area contributed by atoms with Crippen LogP contribution in [-0.4, -0.2) is 20.9 Å². The van der Waals surface area contributed by atoms with Gasteiger partial charge in [0, 0.05) is 23.4 Å². The zero-order valence-electron chi connectivity index (χ0n) is 16.0. The smallest absolute Gasteiger partial charge is 0.261 e. The van der Waals surface area contributed by atoms with Gasteiger partial charge in [0.1, 0.15) is 5.75 Å². The zero-order valence-corrected chi connectivity index (χ0v) is 16.8. The molecule has 0 aliphatic rings. The lowest BCUT2D eigenvalue weighted by atomic mass is 10.1. The van der Waals surface area contributed by atoms with Crippen molar-refractivity contribution in [2.24, 2.45) is 0 Å². The number of carbonyl (C=O) groups excluding carboxylic acids is 1. The molecular weight excluding hydrogens is 388 g/mol. The van der Waals surface area contributed by atoms with Gasteiger partial charge in [0.15, 0.2) is 0 Å². The topological polar surface area (TPSA) is 84.5 Å². The van der Waals surface area contributed by atoms with Gasteiger partial charge in [0.25, 0.3) is 15.9 Å². The molecule has 2 N–H and O–H groups in total. The highest BCUT2D eigenvalue weighted by atomic mass is 32.2. The van der Waals surface area contributed by atoms with E-state index >= 15 is 0 Å². The first-order chi connectivity index (χ1) is 14.0. The molecule has 3 aromatic carbocycles. The normalized spacial score (nSPS) is 10.9. The molecule has 150 valence electrons. The summed E-state index contributed by atoms with van der Waals surface area (Å²) < 4.78 is 33.3. The van der Waals surface area contributed by atoms with Gasteiger partial charge in [-0.15, -0.1) is 0 Å². The van der Waals surface area contributed by atoms with E-state index in [1.807, 2.05) is 31.2 Å². The summed E-state index contributed by atoms with van der Waals surface area (Å²) in [5.74, 6) is 0.340. The predicted octanol–water partition coefficient (Wildman–Crippen LogP) is 3.82. The molecule has 0 unspecified atom stereocenters. The van der Waals surface area contributed by atoms with E-state index in [4.69, 9.17) is 4.74 Å². The highest BCUT2D eigenvalue weighted by Gasteiger charge is 2.16. The second kappa shape index (κ2) is 9.25. The fourth-order valence-electron chi connectivity index (χ4n) is 2.75. The van der Waals surface area contributed by atoms with Crippen LogP contribution in [0, 0.1) is 0 Å². The average molecular weight is 410 g/mol. The van der Waals surface area contributed by atoms with E-state index in [-0.39, 0.29) is 22.9 Å². The number of benzene rings is 3. The molecule has 0 atom stereocenters. The van der Waals surface area contributed by atoms with Crippen LogP contribution in [0.15, 0.2) is 83.8 Å². The number of anilines is 1. The standard InChI is InChI=1S/C22H22N2O4S/c1-2-28-21-14-7-6-9-18(21)16-23-22(25)17-10-8-13-20(15-17)29(26,27)24-19-11-4-3-5-12-19/h3-15,24H,2,16H2,1H3,(H,23,25). The number of amides is 1. The first-order valence-electron chi connectivity index (χ1n) is 9.16. The largest absolute Gasteiger partial charge is 0.494 e. The van der Waals surface area contributed by atoms with Crippen LogP contribution in [0.1, 0.15) is 22.8 Å². The predicted molar refractivity (Wildman–Crippen MR) is 112 cm³/mol. The minimum Gasteiger partial charge on any atom is -0.494 e. The summed E-state index contributed by atoms with van der Waals surface area (Å²) in [6, 6.07) is 22.0. The Balaban J connectivity index is 1.73. The van der Waals surface area contributed by atoms with Crippen molar-refractivity contribution in [3.8, 4) is 5.75 Å². The molecule has 0 spiro atoms. The van der Waals surface area contributed by atoms with Gasteiger partial charge in [-0.2, -0.15) is 0 Å². The van der Waals surface area contributed by atoms with E-state index in [1.54, 1.807) is 42.5 Å². The first-order valence-corrected chi connectivity index (χ1v) is 10.6. The van der Waals surface area contributed by atoms with E-state index in [9.17, 15) is 13.2 Å². The van der Waals surface area contributed by atoms with Crippen molar-refractivity contribution >= 4 is 21.6 Å². The number of sulfonamides is 1. The summed E-state index contributed by atoms with van der Waals surface area (Å²) in [7, 11) is -3.80. The zero-order chi connectivity index (χ0) is 20.7. The van der Waals surface area contributed by atoms with Gasteiger partial charge in [0.2, 0.25) is 0 Å².